The summed E-state index contributed by atoms with van der Waals surface area (Å²) in [4.78, 5) is 0. The Morgan fingerprint density at radius 3 is 2.25 bits per heavy atom. The molecule has 120 valence electrons. The van der Waals surface area contributed by atoms with Crippen molar-refractivity contribution in [3.05, 3.63) is 11.6 Å². The third-order valence-electron chi connectivity index (χ3n) is 3.57. The minimum Gasteiger partial charge on any atom is -0.393 e. The molecular formula is C16H32O4. The van der Waals surface area contributed by atoms with E-state index in [1.165, 1.54) is 0 Å². The molecule has 0 saturated carbocycles. The van der Waals surface area contributed by atoms with Gasteiger partial charge in [0.1, 0.15) is 6.10 Å². The van der Waals surface area contributed by atoms with Gasteiger partial charge in [-0.2, -0.15) is 0 Å². The standard InChI is InChI=1S/C16H32O4/c1-5-6-7-8-14(18)12(2)11-16(20-4)15(19)10-9-13(3)17/h11,13-19H,5-10H2,1-4H3/b12-11-. The van der Waals surface area contributed by atoms with Crippen LogP contribution in [0.2, 0.25) is 0 Å². The topological polar surface area (TPSA) is 69.9 Å². The zero-order valence-corrected chi connectivity index (χ0v) is 13.4. The maximum Gasteiger partial charge on any atom is 0.101 e. The lowest BCUT2D eigenvalue weighted by molar-refractivity contribution is 0.00468. The molecule has 0 aliphatic carbocycles. The van der Waals surface area contributed by atoms with Gasteiger partial charge in [0.05, 0.1) is 18.3 Å². The first-order valence-electron chi connectivity index (χ1n) is 7.67. The van der Waals surface area contributed by atoms with Gasteiger partial charge < -0.3 is 20.1 Å². The Hall–Kier alpha value is -0.420. The van der Waals surface area contributed by atoms with E-state index in [2.05, 4.69) is 6.92 Å². The van der Waals surface area contributed by atoms with Crippen LogP contribution in [-0.2, 0) is 4.74 Å². The molecule has 0 saturated heterocycles. The lowest BCUT2D eigenvalue weighted by Gasteiger charge is -2.21. The van der Waals surface area contributed by atoms with Crippen LogP contribution in [-0.4, -0.2) is 46.8 Å². The van der Waals surface area contributed by atoms with Gasteiger partial charge in [-0.25, -0.2) is 0 Å². The Morgan fingerprint density at radius 1 is 1.10 bits per heavy atom. The van der Waals surface area contributed by atoms with Crippen molar-refractivity contribution in [3.63, 3.8) is 0 Å². The Kier molecular flexibility index (Phi) is 11.0. The fourth-order valence-electron chi connectivity index (χ4n) is 2.10. The molecule has 0 aliphatic heterocycles. The molecule has 0 bridgehead atoms. The molecule has 0 aliphatic rings. The number of aliphatic hydroxyl groups excluding tert-OH is 3. The Labute approximate surface area is 123 Å². The van der Waals surface area contributed by atoms with E-state index < -0.39 is 24.4 Å². The van der Waals surface area contributed by atoms with Gasteiger partial charge in [0.15, 0.2) is 0 Å². The number of ether oxygens (including phenoxy) is 1. The highest BCUT2D eigenvalue weighted by molar-refractivity contribution is 5.09. The van der Waals surface area contributed by atoms with Gasteiger partial charge in [-0.15, -0.1) is 0 Å². The number of aliphatic hydroxyl groups is 3. The lowest BCUT2D eigenvalue weighted by Crippen LogP contribution is -2.28. The van der Waals surface area contributed by atoms with Crippen LogP contribution in [0.3, 0.4) is 0 Å². The SMILES string of the molecule is CCCCCC(O)/C(C)=C\C(OC)C(O)CCC(C)O. The van der Waals surface area contributed by atoms with Crippen molar-refractivity contribution < 1.29 is 20.1 Å². The molecule has 0 amide bonds. The molecule has 0 heterocycles. The highest BCUT2D eigenvalue weighted by Gasteiger charge is 2.18. The molecule has 0 spiro atoms. The summed E-state index contributed by atoms with van der Waals surface area (Å²) in [5.41, 5.74) is 0.837. The summed E-state index contributed by atoms with van der Waals surface area (Å²) in [7, 11) is 1.55. The van der Waals surface area contributed by atoms with Crippen LogP contribution >= 0.6 is 0 Å². The molecule has 0 aromatic carbocycles. The van der Waals surface area contributed by atoms with Crippen molar-refractivity contribution >= 4 is 0 Å². The third-order valence-corrected chi connectivity index (χ3v) is 3.57. The lowest BCUT2D eigenvalue weighted by atomic mass is 9.99. The number of rotatable bonds is 11. The third kappa shape index (κ3) is 8.69. The number of unbranched alkanes of at least 4 members (excludes halogenated alkanes) is 2. The van der Waals surface area contributed by atoms with Crippen LogP contribution in [0.4, 0.5) is 0 Å². The van der Waals surface area contributed by atoms with E-state index in [0.717, 1.165) is 31.3 Å². The second kappa shape index (κ2) is 11.3. The normalized spacial score (nSPS) is 18.6. The van der Waals surface area contributed by atoms with Crippen LogP contribution in [0.5, 0.6) is 0 Å². The first-order valence-corrected chi connectivity index (χ1v) is 7.67. The molecule has 4 atom stereocenters. The van der Waals surface area contributed by atoms with Crippen molar-refractivity contribution in [2.75, 3.05) is 7.11 Å². The Bertz CT molecular complexity index is 263. The molecule has 0 radical (unpaired) electrons. The maximum atomic E-state index is 10.0. The largest absolute Gasteiger partial charge is 0.393 e. The molecule has 20 heavy (non-hydrogen) atoms. The monoisotopic (exact) mass is 288 g/mol. The molecule has 3 N–H and O–H groups in total. The summed E-state index contributed by atoms with van der Waals surface area (Å²) in [5, 5.41) is 29.3. The van der Waals surface area contributed by atoms with Crippen molar-refractivity contribution in [2.24, 2.45) is 0 Å². The molecule has 4 nitrogen and oxygen atoms in total. The average Bonchev–Trinajstić information content (AvgIpc) is 2.41. The van der Waals surface area contributed by atoms with Crippen LogP contribution in [0.25, 0.3) is 0 Å². The van der Waals surface area contributed by atoms with Crippen molar-refractivity contribution in [1.29, 1.82) is 0 Å². The van der Waals surface area contributed by atoms with Gasteiger partial charge in [-0.05, 0) is 38.7 Å². The average molecular weight is 288 g/mol. The highest BCUT2D eigenvalue weighted by Crippen LogP contribution is 2.15. The zero-order chi connectivity index (χ0) is 15.5. The van der Waals surface area contributed by atoms with Crippen LogP contribution in [0, 0.1) is 0 Å². The minimum atomic E-state index is -0.660. The second-order valence-corrected chi connectivity index (χ2v) is 5.62. The number of hydrogen-bond acceptors (Lipinski definition) is 4. The van der Waals surface area contributed by atoms with Gasteiger partial charge in [-0.3, -0.25) is 0 Å². The molecule has 0 aromatic heterocycles. The van der Waals surface area contributed by atoms with E-state index in [1.54, 1.807) is 20.1 Å². The smallest absolute Gasteiger partial charge is 0.101 e. The second-order valence-electron chi connectivity index (χ2n) is 5.62. The quantitative estimate of drug-likeness (QED) is 0.403. The van der Waals surface area contributed by atoms with E-state index in [-0.39, 0.29) is 0 Å². The summed E-state index contributed by atoms with van der Waals surface area (Å²) in [6.07, 6.45) is 4.82. The molecule has 0 rings (SSSR count). The Morgan fingerprint density at radius 2 is 1.75 bits per heavy atom. The highest BCUT2D eigenvalue weighted by atomic mass is 16.5. The Balaban J connectivity index is 4.37. The van der Waals surface area contributed by atoms with E-state index in [1.807, 2.05) is 6.92 Å². The van der Waals surface area contributed by atoms with Crippen LogP contribution < -0.4 is 0 Å². The fraction of sp³-hybridized carbons (Fsp3) is 0.875. The maximum absolute atomic E-state index is 10.0. The summed E-state index contributed by atoms with van der Waals surface area (Å²) in [6.45, 7) is 5.70. The predicted molar refractivity (Wildman–Crippen MR) is 81.6 cm³/mol. The van der Waals surface area contributed by atoms with Gasteiger partial charge in [0.25, 0.3) is 0 Å². The number of hydrogen-bond donors (Lipinski definition) is 3. The summed E-state index contributed by atoms with van der Waals surface area (Å²) in [5.74, 6) is 0. The van der Waals surface area contributed by atoms with Gasteiger partial charge in [-0.1, -0.05) is 32.3 Å². The molecule has 0 fully saturated rings. The van der Waals surface area contributed by atoms with E-state index in [4.69, 9.17) is 4.74 Å². The fourth-order valence-corrected chi connectivity index (χ4v) is 2.10. The van der Waals surface area contributed by atoms with Crippen molar-refractivity contribution in [3.8, 4) is 0 Å². The van der Waals surface area contributed by atoms with Crippen molar-refractivity contribution in [1.82, 2.24) is 0 Å². The van der Waals surface area contributed by atoms with E-state index >= 15 is 0 Å². The first-order chi connectivity index (χ1) is 9.42. The minimum absolute atomic E-state index is 0.424. The van der Waals surface area contributed by atoms with E-state index in [0.29, 0.717) is 12.8 Å². The summed E-state index contributed by atoms with van der Waals surface area (Å²) in [6, 6.07) is 0. The molecule has 0 aromatic rings. The number of methoxy groups -OCH3 is 1. The van der Waals surface area contributed by atoms with Gasteiger partial charge in [0.2, 0.25) is 0 Å². The summed E-state index contributed by atoms with van der Waals surface area (Å²) < 4.78 is 5.27. The molecule has 4 unspecified atom stereocenters. The van der Waals surface area contributed by atoms with Crippen molar-refractivity contribution in [2.45, 2.75) is 83.7 Å². The molecular weight excluding hydrogens is 256 g/mol. The zero-order valence-electron chi connectivity index (χ0n) is 13.4. The molecule has 4 heteroatoms. The van der Waals surface area contributed by atoms with E-state index in [9.17, 15) is 15.3 Å². The van der Waals surface area contributed by atoms with Gasteiger partial charge in [0, 0.05) is 7.11 Å². The van der Waals surface area contributed by atoms with Crippen LogP contribution in [0.1, 0.15) is 59.3 Å². The predicted octanol–water partition coefficient (Wildman–Crippen LogP) is 2.41. The summed E-state index contributed by atoms with van der Waals surface area (Å²) >= 11 is 0. The van der Waals surface area contributed by atoms with Crippen LogP contribution in [0.15, 0.2) is 11.6 Å². The van der Waals surface area contributed by atoms with Gasteiger partial charge >= 0.3 is 0 Å². The first kappa shape index (κ1) is 19.6.